The molecule has 0 atom stereocenters. The van der Waals surface area contributed by atoms with Gasteiger partial charge in [-0.3, -0.25) is 0 Å². The Balaban J connectivity index is 1.87. The Morgan fingerprint density at radius 1 is 1.12 bits per heavy atom. The van der Waals surface area contributed by atoms with E-state index in [1.54, 1.807) is 0 Å². The first-order valence-corrected chi connectivity index (χ1v) is 7.22. The van der Waals surface area contributed by atoms with Crippen molar-refractivity contribution >= 4 is 0 Å². The van der Waals surface area contributed by atoms with E-state index in [0.717, 1.165) is 19.0 Å². The highest BCUT2D eigenvalue weighted by Gasteiger charge is 2.14. The second-order valence-electron chi connectivity index (χ2n) is 5.35. The minimum atomic E-state index is 1.06. The molecule has 96 valence electrons. The summed E-state index contributed by atoms with van der Waals surface area (Å²) in [6.45, 7) is 7.01. The van der Waals surface area contributed by atoms with Crippen LogP contribution in [0.5, 0.6) is 0 Å². The largest absolute Gasteiger partial charge is 0.315 e. The summed E-state index contributed by atoms with van der Waals surface area (Å²) in [7, 11) is 2.25. The molecule has 16 heavy (non-hydrogen) atoms. The summed E-state index contributed by atoms with van der Waals surface area (Å²) < 4.78 is 0. The van der Waals surface area contributed by atoms with Crippen molar-refractivity contribution in [1.82, 2.24) is 10.2 Å². The molecule has 0 unspecified atom stereocenters. The molecule has 0 aromatic carbocycles. The number of rotatable bonds is 9. The van der Waals surface area contributed by atoms with Crippen molar-refractivity contribution in [3.05, 3.63) is 0 Å². The number of hydrogen-bond donors (Lipinski definition) is 1. The third-order valence-corrected chi connectivity index (χ3v) is 3.72. The molecule has 1 saturated carbocycles. The van der Waals surface area contributed by atoms with Gasteiger partial charge in [0.15, 0.2) is 0 Å². The van der Waals surface area contributed by atoms with Gasteiger partial charge >= 0.3 is 0 Å². The third-order valence-electron chi connectivity index (χ3n) is 3.72. The van der Waals surface area contributed by atoms with Crippen LogP contribution in [0, 0.1) is 5.92 Å². The van der Waals surface area contributed by atoms with E-state index in [1.165, 1.54) is 58.0 Å². The fourth-order valence-corrected chi connectivity index (χ4v) is 2.63. The Kier molecular flexibility index (Phi) is 7.87. The number of nitrogens with zero attached hydrogens (tertiary/aromatic N) is 1. The van der Waals surface area contributed by atoms with Gasteiger partial charge in [-0.15, -0.1) is 0 Å². The molecule has 0 bridgehead atoms. The lowest BCUT2D eigenvalue weighted by Crippen LogP contribution is -2.30. The second kappa shape index (κ2) is 9.00. The van der Waals surface area contributed by atoms with Gasteiger partial charge in [-0.25, -0.2) is 0 Å². The van der Waals surface area contributed by atoms with Crippen LogP contribution in [0.4, 0.5) is 0 Å². The average molecular weight is 226 g/mol. The van der Waals surface area contributed by atoms with Gasteiger partial charge in [0.2, 0.25) is 0 Å². The predicted molar refractivity (Wildman–Crippen MR) is 71.8 cm³/mol. The first-order chi connectivity index (χ1) is 7.83. The van der Waals surface area contributed by atoms with E-state index in [9.17, 15) is 0 Å². The number of hydrogen-bond acceptors (Lipinski definition) is 2. The highest BCUT2D eigenvalue weighted by molar-refractivity contribution is 4.68. The lowest BCUT2D eigenvalue weighted by atomic mass is 10.0. The molecule has 1 aliphatic rings. The summed E-state index contributed by atoms with van der Waals surface area (Å²) in [5.74, 6) is 1.06. The van der Waals surface area contributed by atoms with Crippen molar-refractivity contribution < 1.29 is 0 Å². The topological polar surface area (TPSA) is 15.3 Å². The molecule has 0 aliphatic heterocycles. The highest BCUT2D eigenvalue weighted by Crippen LogP contribution is 2.28. The molecule has 0 spiro atoms. The summed E-state index contributed by atoms with van der Waals surface area (Å²) in [4.78, 5) is 2.47. The zero-order chi connectivity index (χ0) is 11.6. The van der Waals surface area contributed by atoms with Gasteiger partial charge < -0.3 is 10.2 Å². The van der Waals surface area contributed by atoms with Crippen molar-refractivity contribution in [2.75, 3.05) is 33.2 Å². The van der Waals surface area contributed by atoms with E-state index in [4.69, 9.17) is 0 Å². The molecule has 0 radical (unpaired) electrons. The smallest absolute Gasteiger partial charge is 0.0104 e. The summed E-state index contributed by atoms with van der Waals surface area (Å²) >= 11 is 0. The molecule has 1 rings (SSSR count). The lowest BCUT2D eigenvalue weighted by Gasteiger charge is -2.18. The molecular weight excluding hydrogens is 196 g/mol. The molecule has 0 saturated heterocycles. The fraction of sp³-hybridized carbons (Fsp3) is 1.00. The first kappa shape index (κ1) is 14.0. The molecule has 1 fully saturated rings. The minimum Gasteiger partial charge on any atom is -0.315 e. The first-order valence-electron chi connectivity index (χ1n) is 7.22. The minimum absolute atomic E-state index is 1.06. The molecule has 0 aromatic rings. The van der Waals surface area contributed by atoms with E-state index in [0.29, 0.717) is 0 Å². The van der Waals surface area contributed by atoms with Gasteiger partial charge in [-0.1, -0.05) is 32.6 Å². The van der Waals surface area contributed by atoms with E-state index < -0.39 is 0 Å². The molecule has 1 aliphatic carbocycles. The van der Waals surface area contributed by atoms with Crippen LogP contribution in [0.25, 0.3) is 0 Å². The van der Waals surface area contributed by atoms with E-state index >= 15 is 0 Å². The molecule has 0 aromatic heterocycles. The second-order valence-corrected chi connectivity index (χ2v) is 5.35. The normalized spacial score (nSPS) is 17.4. The summed E-state index contributed by atoms with van der Waals surface area (Å²) in [6, 6.07) is 0. The van der Waals surface area contributed by atoms with Crippen LogP contribution in [0.15, 0.2) is 0 Å². The molecule has 0 amide bonds. The lowest BCUT2D eigenvalue weighted by molar-refractivity contribution is 0.311. The van der Waals surface area contributed by atoms with Crippen molar-refractivity contribution in [2.45, 2.75) is 51.9 Å². The Morgan fingerprint density at radius 3 is 2.56 bits per heavy atom. The zero-order valence-corrected chi connectivity index (χ0v) is 11.3. The van der Waals surface area contributed by atoms with Crippen LogP contribution >= 0.6 is 0 Å². The van der Waals surface area contributed by atoms with Crippen LogP contribution in [-0.4, -0.2) is 38.1 Å². The van der Waals surface area contributed by atoms with Crippen molar-refractivity contribution in [1.29, 1.82) is 0 Å². The van der Waals surface area contributed by atoms with Crippen molar-refractivity contribution in [3.63, 3.8) is 0 Å². The number of likely N-dealkylation sites (N-methyl/N-ethyl adjacent to an activating group) is 1. The van der Waals surface area contributed by atoms with Crippen LogP contribution in [0.2, 0.25) is 0 Å². The van der Waals surface area contributed by atoms with Gasteiger partial charge in [0.1, 0.15) is 0 Å². The fourth-order valence-electron chi connectivity index (χ4n) is 2.63. The van der Waals surface area contributed by atoms with Crippen molar-refractivity contribution in [2.24, 2.45) is 5.92 Å². The molecule has 2 heteroatoms. The Hall–Kier alpha value is -0.0800. The standard InChI is InChI=1S/C14H30N2/c1-3-10-15-11-13-16(2)12-6-9-14-7-4-5-8-14/h14-15H,3-13H2,1-2H3. The molecular formula is C14H30N2. The van der Waals surface area contributed by atoms with Gasteiger partial charge in [-0.2, -0.15) is 0 Å². The van der Waals surface area contributed by atoms with E-state index in [1.807, 2.05) is 0 Å². The van der Waals surface area contributed by atoms with Gasteiger partial charge in [0, 0.05) is 13.1 Å². The van der Waals surface area contributed by atoms with Crippen LogP contribution in [-0.2, 0) is 0 Å². The molecule has 0 heterocycles. The van der Waals surface area contributed by atoms with Gasteiger partial charge in [0.05, 0.1) is 0 Å². The van der Waals surface area contributed by atoms with Crippen LogP contribution in [0.1, 0.15) is 51.9 Å². The maximum Gasteiger partial charge on any atom is 0.0104 e. The summed E-state index contributed by atoms with van der Waals surface area (Å²) in [6.07, 6.45) is 10.1. The van der Waals surface area contributed by atoms with Crippen LogP contribution < -0.4 is 5.32 Å². The van der Waals surface area contributed by atoms with Crippen molar-refractivity contribution in [3.8, 4) is 0 Å². The van der Waals surface area contributed by atoms with Crippen LogP contribution in [0.3, 0.4) is 0 Å². The average Bonchev–Trinajstić information content (AvgIpc) is 2.77. The Bertz CT molecular complexity index is 153. The molecule has 1 N–H and O–H groups in total. The zero-order valence-electron chi connectivity index (χ0n) is 11.3. The highest BCUT2D eigenvalue weighted by atomic mass is 15.1. The quantitative estimate of drug-likeness (QED) is 0.608. The summed E-state index contributed by atoms with van der Waals surface area (Å²) in [5.41, 5.74) is 0. The third kappa shape index (κ3) is 6.49. The van der Waals surface area contributed by atoms with Gasteiger partial charge in [-0.05, 0) is 45.3 Å². The Morgan fingerprint density at radius 2 is 1.88 bits per heavy atom. The monoisotopic (exact) mass is 226 g/mol. The van der Waals surface area contributed by atoms with Gasteiger partial charge in [0.25, 0.3) is 0 Å². The molecule has 2 nitrogen and oxygen atoms in total. The predicted octanol–water partition coefficient (Wildman–Crippen LogP) is 2.89. The maximum absolute atomic E-state index is 3.46. The SMILES string of the molecule is CCCNCCN(C)CCCC1CCCC1. The number of nitrogens with one attached hydrogen (secondary N) is 1. The maximum atomic E-state index is 3.46. The Labute approximate surface area is 102 Å². The van der Waals surface area contributed by atoms with E-state index in [-0.39, 0.29) is 0 Å². The van der Waals surface area contributed by atoms with E-state index in [2.05, 4.69) is 24.2 Å². The summed E-state index contributed by atoms with van der Waals surface area (Å²) in [5, 5.41) is 3.46.